The molecule has 1 amide bonds. The topological polar surface area (TPSA) is 100 Å². The Bertz CT molecular complexity index is 1250. The molecule has 2 saturated heterocycles. The number of benzene rings is 1. The summed E-state index contributed by atoms with van der Waals surface area (Å²) in [5.41, 5.74) is 3.73. The smallest absolute Gasteiger partial charge is 0.223 e. The van der Waals surface area contributed by atoms with E-state index in [4.69, 9.17) is 4.74 Å². The quantitative estimate of drug-likeness (QED) is 0.557. The highest BCUT2D eigenvalue weighted by Crippen LogP contribution is 2.33. The molecule has 3 aromatic rings. The van der Waals surface area contributed by atoms with Crippen LogP contribution in [0.1, 0.15) is 50.2 Å². The van der Waals surface area contributed by atoms with Gasteiger partial charge in [-0.2, -0.15) is 0 Å². The first-order valence-electron chi connectivity index (χ1n) is 12.1. The number of fused-ring (bicyclic) bond motifs is 1. The van der Waals surface area contributed by atoms with Crippen LogP contribution in [0.15, 0.2) is 30.6 Å². The molecule has 8 nitrogen and oxygen atoms in total. The number of pyridine rings is 1. The average molecular weight is 480 g/mol. The van der Waals surface area contributed by atoms with Gasteiger partial charge in [-0.05, 0) is 42.0 Å². The zero-order chi connectivity index (χ0) is 24.5. The summed E-state index contributed by atoms with van der Waals surface area (Å²) in [5, 5.41) is 14.2. The highest BCUT2D eigenvalue weighted by Gasteiger charge is 2.25. The highest BCUT2D eigenvalue weighted by atomic mass is 19.1. The Morgan fingerprint density at radius 2 is 2.14 bits per heavy atom. The van der Waals surface area contributed by atoms with Crippen molar-refractivity contribution in [2.75, 3.05) is 25.1 Å². The number of hydrogen-bond acceptors (Lipinski definition) is 7. The standard InChI is InChI=1S/C26H30FN5O3/c1-15(2)24-17(13-32-8-3-4-23(32)34)11-28-20-6-5-16(10-18(20)24)25-19(27)12-29-26(31-25)30-21-7-9-35-14-22(21)33/h5-6,10-12,15,21-22,33H,3-4,7-9,13-14H2,1-2H3,(H,29,30,31)/t21-,22-/m1/s1. The van der Waals surface area contributed by atoms with Crippen molar-refractivity contribution in [2.24, 2.45) is 0 Å². The van der Waals surface area contributed by atoms with Crippen molar-refractivity contribution in [3.8, 4) is 11.3 Å². The number of likely N-dealkylation sites (tertiary alicyclic amines) is 1. The number of anilines is 1. The first-order chi connectivity index (χ1) is 16.9. The number of amides is 1. The largest absolute Gasteiger partial charge is 0.389 e. The van der Waals surface area contributed by atoms with E-state index in [1.165, 1.54) is 0 Å². The summed E-state index contributed by atoms with van der Waals surface area (Å²) in [5.74, 6) is 0.0912. The van der Waals surface area contributed by atoms with Gasteiger partial charge in [-0.15, -0.1) is 0 Å². The molecule has 2 N–H and O–H groups in total. The predicted molar refractivity (Wildman–Crippen MR) is 130 cm³/mol. The molecule has 1 aromatic carbocycles. The number of nitrogens with zero attached hydrogens (tertiary/aromatic N) is 4. The third-order valence-corrected chi connectivity index (χ3v) is 6.76. The van der Waals surface area contributed by atoms with Gasteiger partial charge in [-0.3, -0.25) is 9.78 Å². The monoisotopic (exact) mass is 479 g/mol. The van der Waals surface area contributed by atoms with Gasteiger partial charge in [0.05, 0.1) is 30.5 Å². The Morgan fingerprint density at radius 1 is 1.29 bits per heavy atom. The summed E-state index contributed by atoms with van der Waals surface area (Å²) in [7, 11) is 0. The Balaban J connectivity index is 1.52. The first-order valence-corrected chi connectivity index (χ1v) is 12.1. The summed E-state index contributed by atoms with van der Waals surface area (Å²) >= 11 is 0. The van der Waals surface area contributed by atoms with Crippen LogP contribution < -0.4 is 5.32 Å². The Hall–Kier alpha value is -3.17. The number of ether oxygens (including phenoxy) is 1. The SMILES string of the molecule is CC(C)c1c(CN2CCCC2=O)cnc2ccc(-c3nc(N[C@@H]4CCOC[C@H]4O)ncc3F)cc12. The van der Waals surface area contributed by atoms with Crippen LogP contribution in [0.3, 0.4) is 0 Å². The fourth-order valence-electron chi connectivity index (χ4n) is 4.98. The molecular formula is C26H30FN5O3. The maximum atomic E-state index is 14.9. The molecule has 5 rings (SSSR count). The van der Waals surface area contributed by atoms with Crippen molar-refractivity contribution >= 4 is 22.8 Å². The number of aromatic nitrogens is 3. The van der Waals surface area contributed by atoms with Crippen LogP contribution in [-0.2, 0) is 16.1 Å². The van der Waals surface area contributed by atoms with Crippen molar-refractivity contribution in [1.82, 2.24) is 19.9 Å². The summed E-state index contributed by atoms with van der Waals surface area (Å²) in [6.45, 7) is 6.30. The van der Waals surface area contributed by atoms with Gasteiger partial charge in [0.1, 0.15) is 5.69 Å². The molecule has 0 radical (unpaired) electrons. The molecule has 0 bridgehead atoms. The van der Waals surface area contributed by atoms with Crippen LogP contribution in [0, 0.1) is 5.82 Å². The van der Waals surface area contributed by atoms with Gasteiger partial charge in [0.2, 0.25) is 11.9 Å². The highest BCUT2D eigenvalue weighted by molar-refractivity contribution is 5.88. The molecule has 4 heterocycles. The minimum absolute atomic E-state index is 0.172. The number of halogens is 1. The van der Waals surface area contributed by atoms with Crippen molar-refractivity contribution < 1.29 is 19.0 Å². The fourth-order valence-corrected chi connectivity index (χ4v) is 4.98. The third-order valence-electron chi connectivity index (χ3n) is 6.76. The van der Waals surface area contributed by atoms with Gasteiger partial charge in [0.25, 0.3) is 0 Å². The van der Waals surface area contributed by atoms with Crippen molar-refractivity contribution in [1.29, 1.82) is 0 Å². The molecule has 0 spiro atoms. The summed E-state index contributed by atoms with van der Waals surface area (Å²) in [6.07, 6.45) is 4.42. The van der Waals surface area contributed by atoms with E-state index in [0.717, 1.165) is 41.2 Å². The van der Waals surface area contributed by atoms with E-state index in [0.29, 0.717) is 31.6 Å². The van der Waals surface area contributed by atoms with E-state index < -0.39 is 11.9 Å². The van der Waals surface area contributed by atoms with E-state index in [9.17, 15) is 14.3 Å². The number of hydrogen-bond donors (Lipinski definition) is 2. The maximum Gasteiger partial charge on any atom is 0.223 e. The van der Waals surface area contributed by atoms with E-state index in [1.807, 2.05) is 29.3 Å². The normalized spacial score (nSPS) is 20.7. The van der Waals surface area contributed by atoms with Gasteiger partial charge in [-0.1, -0.05) is 19.9 Å². The molecule has 2 aromatic heterocycles. The minimum atomic E-state index is -0.679. The van der Waals surface area contributed by atoms with Crippen LogP contribution in [0.4, 0.5) is 10.3 Å². The molecular weight excluding hydrogens is 449 g/mol. The second-order valence-electron chi connectivity index (χ2n) is 9.57. The van der Waals surface area contributed by atoms with Gasteiger partial charge in [0, 0.05) is 43.3 Å². The maximum absolute atomic E-state index is 14.9. The average Bonchev–Trinajstić information content (AvgIpc) is 3.25. The molecule has 35 heavy (non-hydrogen) atoms. The Kier molecular flexibility index (Phi) is 6.62. The number of aliphatic hydroxyl groups is 1. The second-order valence-corrected chi connectivity index (χ2v) is 9.57. The van der Waals surface area contributed by atoms with E-state index in [2.05, 4.69) is 34.1 Å². The van der Waals surface area contributed by atoms with Gasteiger partial charge in [-0.25, -0.2) is 14.4 Å². The Labute approximate surface area is 203 Å². The van der Waals surface area contributed by atoms with Crippen LogP contribution in [0.25, 0.3) is 22.2 Å². The van der Waals surface area contributed by atoms with Gasteiger partial charge >= 0.3 is 0 Å². The molecule has 2 aliphatic rings. The molecule has 2 aliphatic heterocycles. The van der Waals surface area contributed by atoms with Crippen molar-refractivity contribution in [3.63, 3.8) is 0 Å². The van der Waals surface area contributed by atoms with Crippen LogP contribution in [0.2, 0.25) is 0 Å². The van der Waals surface area contributed by atoms with E-state index in [-0.39, 0.29) is 36.1 Å². The molecule has 184 valence electrons. The number of nitrogens with one attached hydrogen (secondary N) is 1. The number of rotatable bonds is 6. The molecule has 0 saturated carbocycles. The predicted octanol–water partition coefficient (Wildman–Crippen LogP) is 3.64. The molecule has 0 aliphatic carbocycles. The van der Waals surface area contributed by atoms with Crippen molar-refractivity contribution in [3.05, 3.63) is 47.5 Å². The lowest BCUT2D eigenvalue weighted by atomic mass is 9.92. The van der Waals surface area contributed by atoms with Crippen LogP contribution in [0.5, 0.6) is 0 Å². The lowest BCUT2D eigenvalue weighted by Crippen LogP contribution is -2.42. The summed E-state index contributed by atoms with van der Waals surface area (Å²) < 4.78 is 20.2. The number of aliphatic hydroxyl groups excluding tert-OH is 1. The van der Waals surface area contributed by atoms with E-state index in [1.54, 1.807) is 0 Å². The van der Waals surface area contributed by atoms with Crippen LogP contribution in [-0.4, -0.2) is 62.8 Å². The summed E-state index contributed by atoms with van der Waals surface area (Å²) in [4.78, 5) is 27.3. The lowest BCUT2D eigenvalue weighted by Gasteiger charge is -2.28. The molecule has 2 fully saturated rings. The third kappa shape index (κ3) is 4.83. The fraction of sp³-hybridized carbons (Fsp3) is 0.462. The van der Waals surface area contributed by atoms with Crippen LogP contribution >= 0.6 is 0 Å². The molecule has 2 atom stereocenters. The molecule has 0 unspecified atom stereocenters. The Morgan fingerprint density at radius 3 is 2.89 bits per heavy atom. The zero-order valence-electron chi connectivity index (χ0n) is 20.0. The number of carbonyl (C=O) groups excluding carboxylic acids is 1. The lowest BCUT2D eigenvalue weighted by molar-refractivity contribution is -0.128. The van der Waals surface area contributed by atoms with Gasteiger partial charge in [0.15, 0.2) is 5.82 Å². The van der Waals surface area contributed by atoms with Gasteiger partial charge < -0.3 is 20.1 Å². The molecule has 9 heteroatoms. The van der Waals surface area contributed by atoms with Crippen molar-refractivity contribution in [2.45, 2.75) is 57.7 Å². The first kappa shape index (κ1) is 23.6. The summed E-state index contributed by atoms with van der Waals surface area (Å²) in [6, 6.07) is 5.34. The minimum Gasteiger partial charge on any atom is -0.389 e. The zero-order valence-corrected chi connectivity index (χ0v) is 20.0. The number of carbonyl (C=O) groups is 1. The van der Waals surface area contributed by atoms with E-state index >= 15 is 0 Å². The second kappa shape index (κ2) is 9.83.